The molecule has 0 aliphatic carbocycles. The molecule has 0 radical (unpaired) electrons. The van der Waals surface area contributed by atoms with Crippen molar-refractivity contribution in [1.82, 2.24) is 9.13 Å². The van der Waals surface area contributed by atoms with Crippen LogP contribution in [0.5, 0.6) is 0 Å². The molecule has 0 spiro atoms. The highest BCUT2D eigenvalue weighted by Crippen LogP contribution is 2.20. The van der Waals surface area contributed by atoms with Crippen LogP contribution in [0.1, 0.15) is 24.8 Å². The monoisotopic (exact) mass is 244 g/mol. The number of aryl methyl sites for hydroxylation is 1. The summed E-state index contributed by atoms with van der Waals surface area (Å²) in [5.41, 5.74) is 1.82. The normalized spacial score (nSPS) is 12.3. The van der Waals surface area contributed by atoms with Crippen molar-refractivity contribution in [2.24, 2.45) is 7.05 Å². The number of benzene rings is 1. The Kier molecular flexibility index (Phi) is 3.46. The molecular weight excluding hydrogens is 228 g/mol. The molecule has 4 nitrogen and oxygen atoms in total. The standard InChI is InChI=1S/C14H16N2O2/c1-11(6-9-17)12-4-3-5-13(10-12)16-8-7-15(2)14(16)18/h3-5,7-11H,6H2,1-2H3. The van der Waals surface area contributed by atoms with E-state index in [4.69, 9.17) is 0 Å². The molecule has 1 aromatic heterocycles. The molecule has 0 saturated carbocycles. The van der Waals surface area contributed by atoms with Gasteiger partial charge in [0.25, 0.3) is 0 Å². The summed E-state index contributed by atoms with van der Waals surface area (Å²) in [6.07, 6.45) is 4.88. The molecule has 2 aromatic rings. The molecule has 0 aliphatic heterocycles. The lowest BCUT2D eigenvalue weighted by Crippen LogP contribution is -2.20. The van der Waals surface area contributed by atoms with Gasteiger partial charge < -0.3 is 9.36 Å². The van der Waals surface area contributed by atoms with Gasteiger partial charge in [-0.15, -0.1) is 0 Å². The summed E-state index contributed by atoms with van der Waals surface area (Å²) in [6.45, 7) is 2.00. The second-order valence-corrected chi connectivity index (χ2v) is 4.46. The third-order valence-corrected chi connectivity index (χ3v) is 3.11. The summed E-state index contributed by atoms with van der Waals surface area (Å²) in [5.74, 6) is 0.168. The van der Waals surface area contributed by atoms with Crippen molar-refractivity contribution in [3.8, 4) is 5.69 Å². The van der Waals surface area contributed by atoms with Crippen LogP contribution in [0.3, 0.4) is 0 Å². The molecule has 4 heteroatoms. The average molecular weight is 244 g/mol. The van der Waals surface area contributed by atoms with Gasteiger partial charge in [-0.25, -0.2) is 4.79 Å². The Hall–Kier alpha value is -2.10. The minimum absolute atomic E-state index is 0.0739. The number of aromatic nitrogens is 2. The molecule has 0 fully saturated rings. The van der Waals surface area contributed by atoms with Gasteiger partial charge in [0.1, 0.15) is 6.29 Å². The number of nitrogens with zero attached hydrogens (tertiary/aromatic N) is 2. The van der Waals surface area contributed by atoms with Gasteiger partial charge in [0.2, 0.25) is 0 Å². The molecule has 0 amide bonds. The zero-order valence-electron chi connectivity index (χ0n) is 10.5. The fraction of sp³-hybridized carbons (Fsp3) is 0.286. The van der Waals surface area contributed by atoms with E-state index in [0.29, 0.717) is 6.42 Å². The number of carbonyl (C=O) groups is 1. The van der Waals surface area contributed by atoms with Crippen molar-refractivity contribution in [3.05, 3.63) is 52.7 Å². The Labute approximate surface area is 105 Å². The van der Waals surface area contributed by atoms with Crippen molar-refractivity contribution in [2.45, 2.75) is 19.3 Å². The van der Waals surface area contributed by atoms with Crippen LogP contribution in [0, 0.1) is 0 Å². The number of imidazole rings is 1. The zero-order valence-corrected chi connectivity index (χ0v) is 10.5. The molecule has 0 N–H and O–H groups in total. The van der Waals surface area contributed by atoms with Crippen LogP contribution in [-0.4, -0.2) is 15.4 Å². The predicted octanol–water partition coefficient (Wildman–Crippen LogP) is 1.87. The summed E-state index contributed by atoms with van der Waals surface area (Å²) < 4.78 is 3.12. The largest absolute Gasteiger partial charge is 0.332 e. The van der Waals surface area contributed by atoms with Gasteiger partial charge in [-0.05, 0) is 23.6 Å². The molecule has 0 saturated heterocycles. The second kappa shape index (κ2) is 5.04. The molecule has 0 aliphatic rings. The molecule has 2 rings (SSSR count). The summed E-state index contributed by atoms with van der Waals surface area (Å²) >= 11 is 0. The molecule has 1 unspecified atom stereocenters. The van der Waals surface area contributed by atoms with Crippen LogP contribution in [0.25, 0.3) is 5.69 Å². The van der Waals surface area contributed by atoms with Crippen LogP contribution in [0.15, 0.2) is 41.5 Å². The molecule has 1 aromatic carbocycles. The molecule has 18 heavy (non-hydrogen) atoms. The van der Waals surface area contributed by atoms with Crippen molar-refractivity contribution in [2.75, 3.05) is 0 Å². The average Bonchev–Trinajstić information content (AvgIpc) is 2.71. The van der Waals surface area contributed by atoms with Gasteiger partial charge in [-0.1, -0.05) is 19.1 Å². The minimum atomic E-state index is -0.0739. The van der Waals surface area contributed by atoms with Crippen LogP contribution in [0.2, 0.25) is 0 Å². The lowest BCUT2D eigenvalue weighted by Gasteiger charge is -2.10. The topological polar surface area (TPSA) is 44.0 Å². The quantitative estimate of drug-likeness (QED) is 0.771. The second-order valence-electron chi connectivity index (χ2n) is 4.46. The van der Waals surface area contributed by atoms with Gasteiger partial charge in [-0.2, -0.15) is 0 Å². The molecule has 1 atom stereocenters. The molecular formula is C14H16N2O2. The highest BCUT2D eigenvalue weighted by molar-refractivity contribution is 5.52. The highest BCUT2D eigenvalue weighted by atomic mass is 16.1. The Morgan fingerprint density at radius 1 is 1.33 bits per heavy atom. The molecule has 0 bridgehead atoms. The van der Waals surface area contributed by atoms with E-state index in [1.54, 1.807) is 24.0 Å². The summed E-state index contributed by atoms with van der Waals surface area (Å²) in [4.78, 5) is 22.4. The number of rotatable bonds is 4. The minimum Gasteiger partial charge on any atom is -0.303 e. The van der Waals surface area contributed by atoms with Crippen molar-refractivity contribution >= 4 is 6.29 Å². The number of aldehydes is 1. The first kappa shape index (κ1) is 12.4. The van der Waals surface area contributed by atoms with Crippen molar-refractivity contribution < 1.29 is 4.79 Å². The Bertz CT molecular complexity index is 610. The van der Waals surface area contributed by atoms with Gasteiger partial charge in [0, 0.05) is 25.9 Å². The van der Waals surface area contributed by atoms with Gasteiger partial charge in [0.15, 0.2) is 0 Å². The van der Waals surface area contributed by atoms with E-state index in [-0.39, 0.29) is 11.6 Å². The number of hydrogen-bond acceptors (Lipinski definition) is 2. The lowest BCUT2D eigenvalue weighted by molar-refractivity contribution is -0.108. The summed E-state index contributed by atoms with van der Waals surface area (Å²) in [6, 6.07) is 7.73. The van der Waals surface area contributed by atoms with Crippen LogP contribution >= 0.6 is 0 Å². The predicted molar refractivity (Wildman–Crippen MR) is 70.1 cm³/mol. The maximum absolute atomic E-state index is 11.8. The summed E-state index contributed by atoms with van der Waals surface area (Å²) in [7, 11) is 1.72. The van der Waals surface area contributed by atoms with Crippen molar-refractivity contribution in [1.29, 1.82) is 0 Å². The van der Waals surface area contributed by atoms with E-state index in [0.717, 1.165) is 17.5 Å². The van der Waals surface area contributed by atoms with Crippen molar-refractivity contribution in [3.63, 3.8) is 0 Å². The Morgan fingerprint density at radius 3 is 2.72 bits per heavy atom. The zero-order chi connectivity index (χ0) is 13.1. The first-order valence-electron chi connectivity index (χ1n) is 5.91. The van der Waals surface area contributed by atoms with Gasteiger partial charge in [0.05, 0.1) is 5.69 Å². The molecule has 1 heterocycles. The number of carbonyl (C=O) groups excluding carboxylic acids is 1. The number of hydrogen-bond donors (Lipinski definition) is 0. The fourth-order valence-corrected chi connectivity index (χ4v) is 1.92. The first-order valence-corrected chi connectivity index (χ1v) is 5.91. The SMILES string of the molecule is CC(CC=O)c1cccc(-n2ccn(C)c2=O)c1. The van der Waals surface area contributed by atoms with Crippen LogP contribution < -0.4 is 5.69 Å². The van der Waals surface area contributed by atoms with E-state index in [1.807, 2.05) is 31.2 Å². The Morgan fingerprint density at radius 2 is 2.11 bits per heavy atom. The van der Waals surface area contributed by atoms with E-state index in [1.165, 1.54) is 4.57 Å². The lowest BCUT2D eigenvalue weighted by atomic mass is 9.98. The van der Waals surface area contributed by atoms with Crippen LogP contribution in [-0.2, 0) is 11.8 Å². The van der Waals surface area contributed by atoms with E-state index < -0.39 is 0 Å². The Balaban J connectivity index is 2.41. The van der Waals surface area contributed by atoms with Gasteiger partial charge >= 0.3 is 5.69 Å². The van der Waals surface area contributed by atoms with Gasteiger partial charge in [-0.3, -0.25) is 4.57 Å². The van der Waals surface area contributed by atoms with E-state index in [2.05, 4.69) is 0 Å². The van der Waals surface area contributed by atoms with E-state index in [9.17, 15) is 9.59 Å². The third kappa shape index (κ3) is 2.27. The van der Waals surface area contributed by atoms with E-state index >= 15 is 0 Å². The molecule has 94 valence electrons. The third-order valence-electron chi connectivity index (χ3n) is 3.11. The highest BCUT2D eigenvalue weighted by Gasteiger charge is 2.07. The summed E-state index contributed by atoms with van der Waals surface area (Å²) in [5, 5.41) is 0. The smallest absolute Gasteiger partial charge is 0.303 e. The van der Waals surface area contributed by atoms with Crippen LogP contribution in [0.4, 0.5) is 0 Å². The first-order chi connectivity index (χ1) is 8.63. The maximum Gasteiger partial charge on any atom is 0.332 e. The fourth-order valence-electron chi connectivity index (χ4n) is 1.92. The maximum atomic E-state index is 11.8.